The Bertz CT molecular complexity index is 472. The summed E-state index contributed by atoms with van der Waals surface area (Å²) in [5.74, 6) is 0. The van der Waals surface area contributed by atoms with Gasteiger partial charge in [-0.25, -0.2) is 10.1 Å². The number of hydrogen-bond donors (Lipinski definition) is 1. The van der Waals surface area contributed by atoms with Gasteiger partial charge in [-0.15, -0.1) is 0 Å². The van der Waals surface area contributed by atoms with Gasteiger partial charge < -0.3 is 0 Å². The van der Waals surface area contributed by atoms with Gasteiger partial charge in [0.2, 0.25) is 0 Å². The van der Waals surface area contributed by atoms with Gasteiger partial charge in [0.15, 0.2) is 0 Å². The van der Waals surface area contributed by atoms with Crippen molar-refractivity contribution in [3.05, 3.63) is 46.0 Å². The normalized spacial score (nSPS) is 10.1. The van der Waals surface area contributed by atoms with Crippen LogP contribution in [0.5, 0.6) is 0 Å². The molecule has 0 aromatic carbocycles. The van der Waals surface area contributed by atoms with E-state index in [9.17, 15) is 4.79 Å². The number of nitrogens with zero attached hydrogens (tertiary/aromatic N) is 2. The molecule has 2 aromatic heterocycles. The number of pyridine rings is 1. The van der Waals surface area contributed by atoms with Crippen molar-refractivity contribution in [3.8, 4) is 11.3 Å². The fraction of sp³-hybridized carbons (Fsp3) is 0. The van der Waals surface area contributed by atoms with Gasteiger partial charge in [-0.2, -0.15) is 5.10 Å². The van der Waals surface area contributed by atoms with Crippen LogP contribution in [0.4, 0.5) is 0 Å². The summed E-state index contributed by atoms with van der Waals surface area (Å²) in [5, 5.41) is 6.63. The molecule has 0 saturated carbocycles. The van der Waals surface area contributed by atoms with Gasteiger partial charge >= 0.3 is 0 Å². The highest BCUT2D eigenvalue weighted by Gasteiger charge is 1.99. The number of rotatable bonds is 1. The summed E-state index contributed by atoms with van der Waals surface area (Å²) in [6, 6.07) is 6.50. The summed E-state index contributed by atoms with van der Waals surface area (Å²) in [5.41, 5.74) is 1.25. The third-order valence-electron chi connectivity index (χ3n) is 1.70. The topological polar surface area (TPSA) is 58.6 Å². The molecular weight excluding hydrogens is 202 g/mol. The van der Waals surface area contributed by atoms with Crippen LogP contribution >= 0.6 is 11.6 Å². The lowest BCUT2D eigenvalue weighted by atomic mass is 10.2. The van der Waals surface area contributed by atoms with Crippen LogP contribution in [0, 0.1) is 0 Å². The molecule has 2 aromatic rings. The third-order valence-corrected chi connectivity index (χ3v) is 1.93. The Morgan fingerprint density at radius 1 is 1.21 bits per heavy atom. The van der Waals surface area contributed by atoms with Gasteiger partial charge in [0.05, 0.1) is 5.69 Å². The number of hydrogen-bond acceptors (Lipinski definition) is 3. The molecule has 0 spiro atoms. The van der Waals surface area contributed by atoms with E-state index in [4.69, 9.17) is 11.6 Å². The van der Waals surface area contributed by atoms with Gasteiger partial charge in [0, 0.05) is 17.8 Å². The lowest BCUT2D eigenvalue weighted by molar-refractivity contribution is 0.994. The van der Waals surface area contributed by atoms with E-state index >= 15 is 0 Å². The molecule has 0 atom stereocenters. The molecule has 4 nitrogen and oxygen atoms in total. The minimum absolute atomic E-state index is 0.226. The third kappa shape index (κ3) is 1.80. The maximum atomic E-state index is 10.8. The molecule has 2 rings (SSSR count). The van der Waals surface area contributed by atoms with E-state index in [-0.39, 0.29) is 5.56 Å². The Balaban J connectivity index is 2.44. The van der Waals surface area contributed by atoms with Crippen molar-refractivity contribution < 1.29 is 0 Å². The molecule has 0 aliphatic rings. The number of nitrogens with one attached hydrogen (secondary N) is 1. The van der Waals surface area contributed by atoms with Crippen LogP contribution in [0.15, 0.2) is 35.3 Å². The fourth-order valence-corrected chi connectivity index (χ4v) is 1.14. The van der Waals surface area contributed by atoms with E-state index in [1.165, 1.54) is 6.07 Å². The largest absolute Gasteiger partial charge is 0.268 e. The average Bonchev–Trinajstić information content (AvgIpc) is 2.21. The standard InChI is InChI=1S/C9H6ClN3O/c10-8-3-1-6(5-11-8)7-2-4-9(14)13-12-7/h1-5H,(H,13,14). The van der Waals surface area contributed by atoms with Gasteiger partial charge in [0.25, 0.3) is 5.56 Å². The van der Waals surface area contributed by atoms with Crippen molar-refractivity contribution >= 4 is 11.6 Å². The monoisotopic (exact) mass is 207 g/mol. The first-order valence-corrected chi connectivity index (χ1v) is 4.31. The zero-order valence-corrected chi connectivity index (χ0v) is 7.82. The average molecular weight is 208 g/mol. The molecule has 0 aliphatic heterocycles. The molecular formula is C9H6ClN3O. The fourth-order valence-electron chi connectivity index (χ4n) is 1.03. The summed E-state index contributed by atoms with van der Waals surface area (Å²) in [4.78, 5) is 14.7. The highest BCUT2D eigenvalue weighted by molar-refractivity contribution is 6.29. The lowest BCUT2D eigenvalue weighted by Crippen LogP contribution is -2.05. The molecule has 0 aliphatic carbocycles. The predicted octanol–water partition coefficient (Wildman–Crippen LogP) is 1.49. The van der Waals surface area contributed by atoms with Gasteiger partial charge in [-0.05, 0) is 18.2 Å². The van der Waals surface area contributed by atoms with Crippen molar-refractivity contribution in [2.45, 2.75) is 0 Å². The minimum atomic E-state index is -0.226. The SMILES string of the molecule is O=c1ccc(-c2ccc(Cl)nc2)n[nH]1. The Morgan fingerprint density at radius 3 is 2.64 bits per heavy atom. The molecule has 70 valence electrons. The van der Waals surface area contributed by atoms with E-state index in [2.05, 4.69) is 15.2 Å². The van der Waals surface area contributed by atoms with Crippen LogP contribution in [0.1, 0.15) is 0 Å². The van der Waals surface area contributed by atoms with E-state index in [1.54, 1.807) is 24.4 Å². The van der Waals surface area contributed by atoms with Gasteiger partial charge in [-0.1, -0.05) is 11.6 Å². The first-order chi connectivity index (χ1) is 6.75. The van der Waals surface area contributed by atoms with Crippen molar-refractivity contribution in [2.24, 2.45) is 0 Å². The van der Waals surface area contributed by atoms with E-state index in [0.29, 0.717) is 10.8 Å². The van der Waals surface area contributed by atoms with Gasteiger partial charge in [-0.3, -0.25) is 4.79 Å². The number of H-pyrrole nitrogens is 1. The van der Waals surface area contributed by atoms with Crippen LogP contribution < -0.4 is 5.56 Å². The van der Waals surface area contributed by atoms with Crippen molar-refractivity contribution in [1.29, 1.82) is 0 Å². The summed E-state index contributed by atoms with van der Waals surface area (Å²) in [7, 11) is 0. The summed E-state index contributed by atoms with van der Waals surface area (Å²) in [6.45, 7) is 0. The van der Waals surface area contributed by atoms with Gasteiger partial charge in [0.1, 0.15) is 5.15 Å². The Morgan fingerprint density at radius 2 is 2.07 bits per heavy atom. The Labute approximate surface area is 84.6 Å². The van der Waals surface area contributed by atoms with Crippen LogP contribution in [-0.4, -0.2) is 15.2 Å². The number of aromatic nitrogens is 3. The second-order valence-corrected chi connectivity index (χ2v) is 3.06. The summed E-state index contributed by atoms with van der Waals surface area (Å²) >= 11 is 5.64. The first-order valence-electron chi connectivity index (χ1n) is 3.93. The maximum Gasteiger partial charge on any atom is 0.264 e. The van der Waals surface area contributed by atoms with Crippen LogP contribution in [0.3, 0.4) is 0 Å². The zero-order valence-electron chi connectivity index (χ0n) is 7.07. The summed E-state index contributed by atoms with van der Waals surface area (Å²) in [6.07, 6.45) is 1.60. The van der Waals surface area contributed by atoms with Crippen LogP contribution in [0.2, 0.25) is 5.15 Å². The van der Waals surface area contributed by atoms with Crippen LogP contribution in [0.25, 0.3) is 11.3 Å². The number of halogens is 1. The zero-order chi connectivity index (χ0) is 9.97. The minimum Gasteiger partial charge on any atom is -0.268 e. The second kappa shape index (κ2) is 3.59. The smallest absolute Gasteiger partial charge is 0.264 e. The molecule has 14 heavy (non-hydrogen) atoms. The van der Waals surface area contributed by atoms with Crippen molar-refractivity contribution in [3.63, 3.8) is 0 Å². The maximum absolute atomic E-state index is 10.8. The molecule has 0 amide bonds. The highest BCUT2D eigenvalue weighted by atomic mass is 35.5. The molecule has 5 heteroatoms. The molecule has 0 unspecified atom stereocenters. The second-order valence-electron chi connectivity index (χ2n) is 2.68. The van der Waals surface area contributed by atoms with E-state index < -0.39 is 0 Å². The van der Waals surface area contributed by atoms with Crippen molar-refractivity contribution in [2.75, 3.05) is 0 Å². The number of aromatic amines is 1. The van der Waals surface area contributed by atoms with Crippen molar-refractivity contribution in [1.82, 2.24) is 15.2 Å². The predicted molar refractivity (Wildman–Crippen MR) is 53.1 cm³/mol. The molecule has 0 bridgehead atoms. The Kier molecular flexibility index (Phi) is 2.28. The quantitative estimate of drug-likeness (QED) is 0.721. The molecule has 0 saturated heterocycles. The molecule has 2 heterocycles. The van der Waals surface area contributed by atoms with Crippen LogP contribution in [-0.2, 0) is 0 Å². The summed E-state index contributed by atoms with van der Waals surface area (Å²) < 4.78 is 0. The molecule has 1 N–H and O–H groups in total. The Hall–Kier alpha value is -1.68. The molecule has 0 radical (unpaired) electrons. The van der Waals surface area contributed by atoms with E-state index in [1.807, 2.05) is 0 Å². The highest BCUT2D eigenvalue weighted by Crippen LogP contribution is 2.15. The first kappa shape index (κ1) is 8.90. The van der Waals surface area contributed by atoms with E-state index in [0.717, 1.165) is 5.56 Å². The molecule has 0 fully saturated rings. The lowest BCUT2D eigenvalue weighted by Gasteiger charge is -1.97.